The molecule has 1 N–H and O–H groups in total. The number of nitrogens with one attached hydrogen (secondary N) is 1. The molecular formula is C16H25N5O2. The topological polar surface area (TPSA) is 82.2 Å². The van der Waals surface area contributed by atoms with Crippen LogP contribution in [0.1, 0.15) is 50.8 Å². The van der Waals surface area contributed by atoms with Gasteiger partial charge in [-0.3, -0.25) is 14.7 Å². The summed E-state index contributed by atoms with van der Waals surface area (Å²) in [7, 11) is 0. The second kappa shape index (κ2) is 6.29. The zero-order valence-corrected chi connectivity index (χ0v) is 14.1. The van der Waals surface area contributed by atoms with Gasteiger partial charge in [0.05, 0.1) is 6.04 Å². The first-order valence-corrected chi connectivity index (χ1v) is 8.45. The van der Waals surface area contributed by atoms with Gasteiger partial charge in [-0.05, 0) is 26.2 Å². The molecule has 2 aliphatic rings. The summed E-state index contributed by atoms with van der Waals surface area (Å²) < 4.78 is 0. The van der Waals surface area contributed by atoms with E-state index in [4.69, 9.17) is 0 Å². The van der Waals surface area contributed by atoms with Crippen molar-refractivity contribution in [1.82, 2.24) is 25.0 Å². The van der Waals surface area contributed by atoms with Crippen LogP contribution in [0.2, 0.25) is 0 Å². The highest BCUT2D eigenvalue weighted by Gasteiger charge is 2.37. The first-order chi connectivity index (χ1) is 11.0. The number of amides is 2. The van der Waals surface area contributed by atoms with Gasteiger partial charge in [0.2, 0.25) is 11.8 Å². The van der Waals surface area contributed by atoms with Crippen molar-refractivity contribution in [3.8, 4) is 0 Å². The van der Waals surface area contributed by atoms with Crippen LogP contribution in [0.15, 0.2) is 0 Å². The highest BCUT2D eigenvalue weighted by atomic mass is 16.2. The van der Waals surface area contributed by atoms with Gasteiger partial charge in [0.1, 0.15) is 5.82 Å². The predicted molar refractivity (Wildman–Crippen MR) is 84.3 cm³/mol. The minimum Gasteiger partial charge on any atom is -0.341 e. The van der Waals surface area contributed by atoms with Crippen LogP contribution in [0, 0.1) is 18.8 Å². The van der Waals surface area contributed by atoms with Crippen LogP contribution < -0.4 is 0 Å². The molecule has 3 rings (SSSR count). The number of aryl methyl sites for hydroxylation is 1. The Balaban J connectivity index is 1.81. The number of carbonyl (C=O) groups is 2. The van der Waals surface area contributed by atoms with E-state index in [0.717, 1.165) is 18.7 Å². The van der Waals surface area contributed by atoms with Gasteiger partial charge in [-0.2, -0.15) is 5.10 Å². The summed E-state index contributed by atoms with van der Waals surface area (Å²) in [6, 6.07) is -0.160. The number of H-pyrrole nitrogens is 1. The normalized spacial score (nSPS) is 22.3. The molecule has 0 spiro atoms. The van der Waals surface area contributed by atoms with Crippen LogP contribution in [0.5, 0.6) is 0 Å². The SMILES string of the molecule is Cc1nc(C2CCN(C(=O)C3CC3)CCN2C(=O)C(C)C)n[nH]1. The molecule has 126 valence electrons. The van der Waals surface area contributed by atoms with Crippen molar-refractivity contribution in [2.75, 3.05) is 19.6 Å². The highest BCUT2D eigenvalue weighted by Crippen LogP contribution is 2.33. The summed E-state index contributed by atoms with van der Waals surface area (Å²) in [5.41, 5.74) is 0. The Morgan fingerprint density at radius 1 is 1.17 bits per heavy atom. The lowest BCUT2D eigenvalue weighted by Crippen LogP contribution is -2.40. The van der Waals surface area contributed by atoms with E-state index in [-0.39, 0.29) is 29.7 Å². The van der Waals surface area contributed by atoms with E-state index in [1.54, 1.807) is 0 Å². The molecule has 1 aromatic rings. The van der Waals surface area contributed by atoms with E-state index >= 15 is 0 Å². The number of hydrogen-bond donors (Lipinski definition) is 1. The third-order valence-electron chi connectivity index (χ3n) is 4.59. The molecular weight excluding hydrogens is 294 g/mol. The zero-order chi connectivity index (χ0) is 16.6. The summed E-state index contributed by atoms with van der Waals surface area (Å²) in [4.78, 5) is 33.2. The predicted octanol–water partition coefficient (Wildman–Crippen LogP) is 1.28. The third kappa shape index (κ3) is 3.38. The van der Waals surface area contributed by atoms with Crippen LogP contribution in [0.25, 0.3) is 0 Å². The molecule has 2 amide bonds. The molecule has 0 bridgehead atoms. The van der Waals surface area contributed by atoms with Gasteiger partial charge in [-0.1, -0.05) is 13.8 Å². The number of hydrogen-bond acceptors (Lipinski definition) is 4. The summed E-state index contributed by atoms with van der Waals surface area (Å²) in [6.07, 6.45) is 2.70. The van der Waals surface area contributed by atoms with E-state index in [9.17, 15) is 9.59 Å². The zero-order valence-electron chi connectivity index (χ0n) is 14.1. The van der Waals surface area contributed by atoms with Crippen LogP contribution in [-0.2, 0) is 9.59 Å². The fourth-order valence-electron chi connectivity index (χ4n) is 3.11. The van der Waals surface area contributed by atoms with Crippen molar-refractivity contribution in [3.05, 3.63) is 11.6 Å². The standard InChI is InChI=1S/C16H25N5O2/c1-10(2)15(22)21-9-8-20(16(23)12-4-5-12)7-6-13(21)14-17-11(3)18-19-14/h10,12-13H,4-9H2,1-3H3,(H,17,18,19). The van der Waals surface area contributed by atoms with Gasteiger partial charge >= 0.3 is 0 Å². The third-order valence-corrected chi connectivity index (χ3v) is 4.59. The molecule has 2 heterocycles. The molecule has 1 saturated heterocycles. The number of carbonyl (C=O) groups excluding carboxylic acids is 2. The van der Waals surface area contributed by atoms with Gasteiger partial charge in [-0.15, -0.1) is 0 Å². The molecule has 1 aliphatic carbocycles. The van der Waals surface area contributed by atoms with Crippen molar-refractivity contribution >= 4 is 11.8 Å². The average Bonchev–Trinajstić information content (AvgIpc) is 3.31. The second-order valence-electron chi connectivity index (χ2n) is 6.87. The number of aromatic amines is 1. The molecule has 0 aromatic carbocycles. The van der Waals surface area contributed by atoms with Gasteiger partial charge < -0.3 is 9.80 Å². The highest BCUT2D eigenvalue weighted by molar-refractivity contribution is 5.81. The van der Waals surface area contributed by atoms with Crippen molar-refractivity contribution < 1.29 is 9.59 Å². The van der Waals surface area contributed by atoms with E-state index < -0.39 is 0 Å². The number of aromatic nitrogens is 3. The summed E-state index contributed by atoms with van der Waals surface area (Å²) in [5, 5.41) is 7.11. The average molecular weight is 319 g/mol. The van der Waals surface area contributed by atoms with Gasteiger partial charge in [0.25, 0.3) is 0 Å². The van der Waals surface area contributed by atoms with E-state index in [2.05, 4.69) is 15.2 Å². The molecule has 1 aromatic heterocycles. The fourth-order valence-corrected chi connectivity index (χ4v) is 3.11. The van der Waals surface area contributed by atoms with Crippen LogP contribution in [0.4, 0.5) is 0 Å². The molecule has 1 saturated carbocycles. The Morgan fingerprint density at radius 3 is 2.48 bits per heavy atom. The maximum absolute atomic E-state index is 12.6. The minimum atomic E-state index is -0.160. The van der Waals surface area contributed by atoms with E-state index in [1.807, 2.05) is 30.6 Å². The lowest BCUT2D eigenvalue weighted by Gasteiger charge is -2.29. The van der Waals surface area contributed by atoms with Crippen molar-refractivity contribution in [2.45, 2.75) is 46.1 Å². The first-order valence-electron chi connectivity index (χ1n) is 8.45. The number of rotatable bonds is 3. The number of nitrogens with zero attached hydrogens (tertiary/aromatic N) is 4. The monoisotopic (exact) mass is 319 g/mol. The Kier molecular flexibility index (Phi) is 4.37. The fraction of sp³-hybridized carbons (Fsp3) is 0.750. The van der Waals surface area contributed by atoms with Crippen molar-refractivity contribution in [2.24, 2.45) is 11.8 Å². The van der Waals surface area contributed by atoms with Crippen LogP contribution in [-0.4, -0.2) is 56.4 Å². The van der Waals surface area contributed by atoms with Crippen molar-refractivity contribution in [3.63, 3.8) is 0 Å². The van der Waals surface area contributed by atoms with Crippen molar-refractivity contribution in [1.29, 1.82) is 0 Å². The summed E-state index contributed by atoms with van der Waals surface area (Å²) in [6.45, 7) is 7.48. The second-order valence-corrected chi connectivity index (χ2v) is 6.87. The minimum absolute atomic E-state index is 0.0803. The van der Waals surface area contributed by atoms with Gasteiger partial charge in [-0.25, -0.2) is 4.98 Å². The Hall–Kier alpha value is -1.92. The molecule has 7 heteroatoms. The van der Waals surface area contributed by atoms with Gasteiger partial charge in [0, 0.05) is 31.5 Å². The molecule has 0 radical (unpaired) electrons. The smallest absolute Gasteiger partial charge is 0.225 e. The molecule has 1 unspecified atom stereocenters. The Bertz CT molecular complexity index is 593. The molecule has 7 nitrogen and oxygen atoms in total. The quantitative estimate of drug-likeness (QED) is 0.910. The van der Waals surface area contributed by atoms with Crippen LogP contribution in [0.3, 0.4) is 0 Å². The maximum atomic E-state index is 12.6. The summed E-state index contributed by atoms with van der Waals surface area (Å²) in [5.74, 6) is 1.87. The molecule has 23 heavy (non-hydrogen) atoms. The lowest BCUT2D eigenvalue weighted by molar-refractivity contribution is -0.137. The van der Waals surface area contributed by atoms with Crippen LogP contribution >= 0.6 is 0 Å². The van der Waals surface area contributed by atoms with E-state index in [1.165, 1.54) is 0 Å². The lowest BCUT2D eigenvalue weighted by atomic mass is 10.1. The molecule has 2 fully saturated rings. The van der Waals surface area contributed by atoms with Gasteiger partial charge in [0.15, 0.2) is 5.82 Å². The maximum Gasteiger partial charge on any atom is 0.225 e. The Labute approximate surface area is 136 Å². The summed E-state index contributed by atoms with van der Waals surface area (Å²) >= 11 is 0. The molecule has 1 atom stereocenters. The molecule has 1 aliphatic heterocycles. The first kappa shape index (κ1) is 16.0. The largest absolute Gasteiger partial charge is 0.341 e. The van der Waals surface area contributed by atoms with E-state index in [0.29, 0.717) is 31.9 Å². The Morgan fingerprint density at radius 2 is 1.91 bits per heavy atom.